The Morgan fingerprint density at radius 3 is 2.87 bits per heavy atom. The van der Waals surface area contributed by atoms with Crippen molar-refractivity contribution in [2.75, 3.05) is 24.5 Å². The Bertz CT molecular complexity index is 323. The van der Waals surface area contributed by atoms with Gasteiger partial charge in [-0.2, -0.15) is 0 Å². The van der Waals surface area contributed by atoms with E-state index in [1.165, 1.54) is 38.2 Å². The van der Waals surface area contributed by atoms with Crippen LogP contribution in [0.5, 0.6) is 0 Å². The molecule has 15 heavy (non-hydrogen) atoms. The maximum absolute atomic E-state index is 3.50. The fourth-order valence-corrected chi connectivity index (χ4v) is 3.02. The van der Waals surface area contributed by atoms with Crippen LogP contribution in [-0.2, 0) is 0 Å². The summed E-state index contributed by atoms with van der Waals surface area (Å²) in [4.78, 5) is 2.60. The summed E-state index contributed by atoms with van der Waals surface area (Å²) < 4.78 is 0. The quantitative estimate of drug-likeness (QED) is 0.748. The number of piperidine rings is 1. The molecule has 2 atom stereocenters. The molecule has 0 aliphatic carbocycles. The van der Waals surface area contributed by atoms with Crippen LogP contribution in [0.15, 0.2) is 30.3 Å². The summed E-state index contributed by atoms with van der Waals surface area (Å²) in [6, 6.07) is 11.6. The third kappa shape index (κ3) is 1.63. The molecular formula is C13H18N2. The lowest BCUT2D eigenvalue weighted by Crippen LogP contribution is -2.43. The van der Waals surface area contributed by atoms with Gasteiger partial charge in [0.15, 0.2) is 0 Å². The molecule has 2 aliphatic heterocycles. The summed E-state index contributed by atoms with van der Waals surface area (Å²) >= 11 is 0. The van der Waals surface area contributed by atoms with E-state index in [1.54, 1.807) is 0 Å². The zero-order valence-corrected chi connectivity index (χ0v) is 9.02. The minimum absolute atomic E-state index is 0.786. The van der Waals surface area contributed by atoms with Gasteiger partial charge in [0.2, 0.25) is 0 Å². The predicted octanol–water partition coefficient (Wildman–Crippen LogP) is 1.87. The first-order valence-electron chi connectivity index (χ1n) is 5.97. The van der Waals surface area contributed by atoms with Gasteiger partial charge in [-0.25, -0.2) is 0 Å². The maximum Gasteiger partial charge on any atom is 0.0368 e. The molecule has 0 saturated carbocycles. The van der Waals surface area contributed by atoms with Gasteiger partial charge in [-0.3, -0.25) is 0 Å². The highest BCUT2D eigenvalue weighted by Crippen LogP contribution is 2.32. The Morgan fingerprint density at radius 2 is 2.00 bits per heavy atom. The zero-order valence-electron chi connectivity index (χ0n) is 9.02. The number of hydrogen-bond acceptors (Lipinski definition) is 2. The summed E-state index contributed by atoms with van der Waals surface area (Å²) in [7, 11) is 0. The average Bonchev–Trinajstić information content (AvgIpc) is 2.74. The molecule has 1 aromatic carbocycles. The van der Waals surface area contributed by atoms with Gasteiger partial charge >= 0.3 is 0 Å². The lowest BCUT2D eigenvalue weighted by Gasteiger charge is -2.33. The Kier molecular flexibility index (Phi) is 2.37. The first kappa shape index (κ1) is 9.22. The first-order valence-corrected chi connectivity index (χ1v) is 5.97. The first-order chi connectivity index (χ1) is 7.45. The third-order valence-electron chi connectivity index (χ3n) is 3.80. The fourth-order valence-electron chi connectivity index (χ4n) is 3.02. The molecule has 0 bridgehead atoms. The number of para-hydroxylation sites is 1. The normalized spacial score (nSPS) is 30.3. The Hall–Kier alpha value is -1.02. The molecule has 1 N–H and O–H groups in total. The molecule has 0 spiro atoms. The van der Waals surface area contributed by atoms with E-state index in [2.05, 4.69) is 40.5 Å². The van der Waals surface area contributed by atoms with E-state index >= 15 is 0 Å². The van der Waals surface area contributed by atoms with Crippen LogP contribution >= 0.6 is 0 Å². The van der Waals surface area contributed by atoms with Gasteiger partial charge in [0.05, 0.1) is 0 Å². The monoisotopic (exact) mass is 202 g/mol. The van der Waals surface area contributed by atoms with Gasteiger partial charge in [0.25, 0.3) is 0 Å². The van der Waals surface area contributed by atoms with Crippen LogP contribution in [0.1, 0.15) is 12.8 Å². The molecule has 2 unspecified atom stereocenters. The summed E-state index contributed by atoms with van der Waals surface area (Å²) in [6.45, 7) is 3.64. The lowest BCUT2D eigenvalue weighted by molar-refractivity contribution is 0.361. The zero-order chi connectivity index (χ0) is 10.1. The third-order valence-corrected chi connectivity index (χ3v) is 3.80. The minimum atomic E-state index is 0.786. The Balaban J connectivity index is 1.82. The van der Waals surface area contributed by atoms with E-state index in [1.807, 2.05) is 0 Å². The average molecular weight is 202 g/mol. The second-order valence-electron chi connectivity index (χ2n) is 4.64. The summed E-state index contributed by atoms with van der Waals surface area (Å²) in [5.41, 5.74) is 1.41. The van der Waals surface area contributed by atoms with Gasteiger partial charge in [0, 0.05) is 18.3 Å². The second-order valence-corrected chi connectivity index (χ2v) is 4.64. The highest BCUT2D eigenvalue weighted by Gasteiger charge is 2.35. The van der Waals surface area contributed by atoms with E-state index in [0.717, 1.165) is 12.0 Å². The smallest absolute Gasteiger partial charge is 0.0368 e. The van der Waals surface area contributed by atoms with E-state index in [-0.39, 0.29) is 0 Å². The molecule has 0 radical (unpaired) electrons. The molecule has 2 heterocycles. The van der Waals surface area contributed by atoms with Crippen molar-refractivity contribution in [1.82, 2.24) is 5.32 Å². The molecule has 2 fully saturated rings. The van der Waals surface area contributed by atoms with Gasteiger partial charge < -0.3 is 10.2 Å². The summed E-state index contributed by atoms with van der Waals surface area (Å²) in [5, 5.41) is 3.50. The predicted molar refractivity (Wildman–Crippen MR) is 63.2 cm³/mol. The van der Waals surface area contributed by atoms with Crippen molar-refractivity contribution in [3.05, 3.63) is 30.3 Å². The van der Waals surface area contributed by atoms with Crippen LogP contribution < -0.4 is 10.2 Å². The molecular weight excluding hydrogens is 184 g/mol. The van der Waals surface area contributed by atoms with Crippen molar-refractivity contribution in [2.24, 2.45) is 5.92 Å². The Labute approximate surface area is 91.3 Å². The summed E-state index contributed by atoms with van der Waals surface area (Å²) in [6.07, 6.45) is 2.66. The number of nitrogens with one attached hydrogen (secondary N) is 1. The number of anilines is 1. The molecule has 2 saturated heterocycles. The van der Waals surface area contributed by atoms with Crippen molar-refractivity contribution in [1.29, 1.82) is 0 Å². The molecule has 2 aliphatic rings. The maximum atomic E-state index is 3.50. The lowest BCUT2D eigenvalue weighted by atomic mass is 9.94. The number of nitrogens with zero attached hydrogens (tertiary/aromatic N) is 1. The van der Waals surface area contributed by atoms with Crippen LogP contribution in [0.3, 0.4) is 0 Å². The van der Waals surface area contributed by atoms with Crippen molar-refractivity contribution in [2.45, 2.75) is 18.9 Å². The highest BCUT2D eigenvalue weighted by molar-refractivity contribution is 5.48. The van der Waals surface area contributed by atoms with E-state index in [0.29, 0.717) is 0 Å². The topological polar surface area (TPSA) is 15.3 Å². The van der Waals surface area contributed by atoms with Gasteiger partial charge in [-0.05, 0) is 44.0 Å². The fraction of sp³-hybridized carbons (Fsp3) is 0.538. The van der Waals surface area contributed by atoms with Crippen molar-refractivity contribution in [3.63, 3.8) is 0 Å². The van der Waals surface area contributed by atoms with Crippen molar-refractivity contribution in [3.8, 4) is 0 Å². The van der Waals surface area contributed by atoms with Crippen LogP contribution in [-0.4, -0.2) is 25.7 Å². The van der Waals surface area contributed by atoms with E-state index in [9.17, 15) is 0 Å². The molecule has 0 aromatic heterocycles. The molecule has 2 nitrogen and oxygen atoms in total. The molecule has 1 aromatic rings. The van der Waals surface area contributed by atoms with Crippen molar-refractivity contribution < 1.29 is 0 Å². The highest BCUT2D eigenvalue weighted by atomic mass is 15.2. The molecule has 80 valence electrons. The minimum Gasteiger partial charge on any atom is -0.368 e. The van der Waals surface area contributed by atoms with Crippen LogP contribution in [0.2, 0.25) is 0 Å². The summed E-state index contributed by atoms with van der Waals surface area (Å²) in [5.74, 6) is 0.874. The number of fused-ring (bicyclic) bond motifs is 1. The van der Waals surface area contributed by atoms with E-state index < -0.39 is 0 Å². The standard InChI is InChI=1S/C13H18N2/c1-2-4-12(5-3-1)15-9-7-11-10-14-8-6-13(11)15/h1-5,11,13-14H,6-10H2. The number of hydrogen-bond donors (Lipinski definition) is 1. The number of rotatable bonds is 1. The second kappa shape index (κ2) is 3.86. The Morgan fingerprint density at radius 1 is 1.13 bits per heavy atom. The van der Waals surface area contributed by atoms with Gasteiger partial charge in [-0.1, -0.05) is 18.2 Å². The molecule has 0 amide bonds. The van der Waals surface area contributed by atoms with Crippen LogP contribution in [0.25, 0.3) is 0 Å². The largest absolute Gasteiger partial charge is 0.368 e. The molecule has 3 rings (SSSR count). The SMILES string of the molecule is c1ccc(N2CCC3CNCCC32)cc1. The number of benzene rings is 1. The van der Waals surface area contributed by atoms with Gasteiger partial charge in [-0.15, -0.1) is 0 Å². The van der Waals surface area contributed by atoms with Crippen molar-refractivity contribution >= 4 is 5.69 Å². The van der Waals surface area contributed by atoms with Crippen LogP contribution in [0.4, 0.5) is 5.69 Å². The van der Waals surface area contributed by atoms with Gasteiger partial charge in [0.1, 0.15) is 0 Å². The molecule has 2 heteroatoms. The van der Waals surface area contributed by atoms with Crippen LogP contribution in [0, 0.1) is 5.92 Å². The van der Waals surface area contributed by atoms with E-state index in [4.69, 9.17) is 0 Å².